The molecule has 34 heavy (non-hydrogen) atoms. The smallest absolute Gasteiger partial charge is 0.235 e. The number of hydrogen-bond donors (Lipinski definition) is 0. The van der Waals surface area contributed by atoms with E-state index in [1.807, 2.05) is 0 Å². The van der Waals surface area contributed by atoms with Gasteiger partial charge in [0, 0.05) is 6.42 Å². The zero-order chi connectivity index (χ0) is 24.5. The number of aryl methyl sites for hydroxylation is 2. The molecule has 1 rings (SSSR count). The molecule has 0 N–H and O–H groups in total. The van der Waals surface area contributed by atoms with E-state index in [1.165, 1.54) is 161 Å². The maximum atomic E-state index is 2.56. The van der Waals surface area contributed by atoms with Gasteiger partial charge >= 0.3 is 0 Å². The first-order valence-electron chi connectivity index (χ1n) is 15.9. The van der Waals surface area contributed by atoms with Crippen LogP contribution in [0.3, 0.4) is 0 Å². The highest BCUT2D eigenvalue weighted by atomic mass is 15.1. The van der Waals surface area contributed by atoms with Gasteiger partial charge in [-0.05, 0) is 26.2 Å². The lowest BCUT2D eigenvalue weighted by molar-refractivity contribution is -0.700. The molecule has 0 radical (unpaired) electrons. The van der Waals surface area contributed by atoms with Crippen molar-refractivity contribution in [2.45, 2.75) is 188 Å². The third kappa shape index (κ3) is 16.8. The largest absolute Gasteiger partial charge is 0.256 e. The van der Waals surface area contributed by atoms with Crippen LogP contribution in [-0.2, 0) is 19.5 Å². The van der Waals surface area contributed by atoms with Crippen LogP contribution in [0.5, 0.6) is 0 Å². The Hall–Kier alpha value is -0.790. The highest BCUT2D eigenvalue weighted by Crippen LogP contribution is 2.15. The van der Waals surface area contributed by atoms with Crippen LogP contribution in [0.2, 0.25) is 0 Å². The van der Waals surface area contributed by atoms with Crippen LogP contribution in [0.1, 0.15) is 174 Å². The Morgan fingerprint density at radius 3 is 1.29 bits per heavy atom. The van der Waals surface area contributed by atoms with E-state index in [9.17, 15) is 0 Å². The molecule has 2 heteroatoms. The number of unbranched alkanes of at least 4 members (excludes halogenated alkanes) is 21. The van der Waals surface area contributed by atoms with Gasteiger partial charge < -0.3 is 0 Å². The fraction of sp³-hybridized carbons (Fsp3) is 0.906. The van der Waals surface area contributed by atoms with E-state index in [1.54, 1.807) is 5.82 Å². The normalized spacial score (nSPS) is 11.5. The van der Waals surface area contributed by atoms with Gasteiger partial charge in [-0.25, -0.2) is 9.13 Å². The van der Waals surface area contributed by atoms with Gasteiger partial charge in [0.1, 0.15) is 12.4 Å². The average Bonchev–Trinajstić information content (AvgIpc) is 3.24. The number of aromatic nitrogens is 2. The maximum Gasteiger partial charge on any atom is 0.256 e. The molecule has 0 saturated carbocycles. The quantitative estimate of drug-likeness (QED) is 0.0930. The van der Waals surface area contributed by atoms with E-state index in [-0.39, 0.29) is 0 Å². The van der Waals surface area contributed by atoms with Gasteiger partial charge in [0.25, 0.3) is 5.82 Å². The van der Waals surface area contributed by atoms with Crippen molar-refractivity contribution in [2.75, 3.05) is 0 Å². The zero-order valence-electron chi connectivity index (χ0n) is 23.9. The van der Waals surface area contributed by atoms with Gasteiger partial charge in [0.05, 0.1) is 13.1 Å². The summed E-state index contributed by atoms with van der Waals surface area (Å²) in [6.07, 6.45) is 38.8. The molecule has 1 heterocycles. The van der Waals surface area contributed by atoms with Crippen LogP contribution in [-0.4, -0.2) is 4.57 Å². The second-order valence-corrected chi connectivity index (χ2v) is 10.9. The van der Waals surface area contributed by atoms with E-state index in [0.717, 1.165) is 6.54 Å². The summed E-state index contributed by atoms with van der Waals surface area (Å²) in [6, 6.07) is 0. The lowest BCUT2D eigenvalue weighted by Gasteiger charge is -2.06. The van der Waals surface area contributed by atoms with E-state index >= 15 is 0 Å². The Bertz CT molecular complexity index is 533. The minimum absolute atomic E-state index is 1.11. The molecular weight excluding hydrogens is 412 g/mol. The lowest BCUT2D eigenvalue weighted by Crippen LogP contribution is -2.36. The molecule has 0 bridgehead atoms. The van der Waals surface area contributed by atoms with Crippen LogP contribution >= 0.6 is 0 Å². The molecule has 2 nitrogen and oxygen atoms in total. The summed E-state index contributed by atoms with van der Waals surface area (Å²) in [5.74, 6) is 1.57. The van der Waals surface area contributed by atoms with Gasteiger partial charge in [-0.1, -0.05) is 142 Å². The number of nitrogens with zero attached hydrogens (tertiary/aromatic N) is 2. The standard InChI is InChI=1S/C32H63N2/c1-4-7-9-11-13-14-15-16-17-18-19-20-21-22-24-26-28-32-33(6-3)30-31-34(32)29-27-25-23-12-10-8-5-2/h30-31H,4-29H2,1-3H3/q+1. The molecule has 0 amide bonds. The highest BCUT2D eigenvalue weighted by Gasteiger charge is 2.15. The minimum atomic E-state index is 1.11. The monoisotopic (exact) mass is 475 g/mol. The van der Waals surface area contributed by atoms with Crippen molar-refractivity contribution in [3.63, 3.8) is 0 Å². The van der Waals surface area contributed by atoms with Gasteiger partial charge in [-0.15, -0.1) is 0 Å². The predicted molar refractivity (Wildman–Crippen MR) is 152 cm³/mol. The second-order valence-electron chi connectivity index (χ2n) is 10.9. The van der Waals surface area contributed by atoms with Crippen molar-refractivity contribution in [3.8, 4) is 0 Å². The molecule has 1 aromatic heterocycles. The van der Waals surface area contributed by atoms with Crippen molar-refractivity contribution in [1.29, 1.82) is 0 Å². The van der Waals surface area contributed by atoms with Gasteiger partial charge in [0.15, 0.2) is 0 Å². The third-order valence-corrected chi connectivity index (χ3v) is 7.69. The number of imidazole rings is 1. The molecule has 0 aliphatic heterocycles. The van der Waals surface area contributed by atoms with Gasteiger partial charge in [-0.2, -0.15) is 0 Å². The van der Waals surface area contributed by atoms with E-state index in [4.69, 9.17) is 0 Å². The van der Waals surface area contributed by atoms with E-state index in [2.05, 4.69) is 42.3 Å². The topological polar surface area (TPSA) is 8.81 Å². The molecule has 1 aromatic rings. The molecule has 0 aliphatic carbocycles. The summed E-state index contributed by atoms with van der Waals surface area (Å²) in [5, 5.41) is 0. The maximum absolute atomic E-state index is 2.56. The SMILES string of the molecule is CCCCCCCCCCCCCCCCCCc1n(CCCCCCCCC)cc[n+]1CC. The first-order valence-corrected chi connectivity index (χ1v) is 15.9. The molecule has 0 aromatic carbocycles. The number of hydrogen-bond acceptors (Lipinski definition) is 0. The van der Waals surface area contributed by atoms with Crippen molar-refractivity contribution in [3.05, 3.63) is 18.2 Å². The Balaban J connectivity index is 1.99. The summed E-state index contributed by atoms with van der Waals surface area (Å²) < 4.78 is 5.03. The van der Waals surface area contributed by atoms with Crippen LogP contribution in [0, 0.1) is 0 Å². The second kappa shape index (κ2) is 23.9. The molecule has 0 fully saturated rings. The van der Waals surface area contributed by atoms with E-state index in [0.29, 0.717) is 0 Å². The van der Waals surface area contributed by atoms with Crippen molar-refractivity contribution in [1.82, 2.24) is 4.57 Å². The predicted octanol–water partition coefficient (Wildman–Crippen LogP) is 10.4. The molecule has 0 aliphatic rings. The van der Waals surface area contributed by atoms with E-state index < -0.39 is 0 Å². The molecule has 200 valence electrons. The first-order chi connectivity index (χ1) is 16.8. The highest BCUT2D eigenvalue weighted by molar-refractivity contribution is 4.84. The Morgan fingerprint density at radius 1 is 0.500 bits per heavy atom. The molecule has 0 saturated heterocycles. The Labute approximate surface area is 215 Å². The first kappa shape index (κ1) is 31.2. The van der Waals surface area contributed by atoms with Crippen molar-refractivity contribution < 1.29 is 4.57 Å². The zero-order valence-corrected chi connectivity index (χ0v) is 23.9. The fourth-order valence-corrected chi connectivity index (χ4v) is 5.35. The van der Waals surface area contributed by atoms with Crippen LogP contribution in [0.15, 0.2) is 12.4 Å². The minimum Gasteiger partial charge on any atom is -0.235 e. The summed E-state index contributed by atoms with van der Waals surface area (Å²) in [4.78, 5) is 0. The van der Waals surface area contributed by atoms with Gasteiger partial charge in [0.2, 0.25) is 0 Å². The summed E-state index contributed by atoms with van der Waals surface area (Å²) in [5.41, 5.74) is 0. The van der Waals surface area contributed by atoms with Crippen molar-refractivity contribution in [2.24, 2.45) is 0 Å². The molecular formula is C32H63N2+. The summed E-state index contributed by atoms with van der Waals surface area (Å²) >= 11 is 0. The third-order valence-electron chi connectivity index (χ3n) is 7.69. The summed E-state index contributed by atoms with van der Waals surface area (Å²) in [6.45, 7) is 9.22. The fourth-order valence-electron chi connectivity index (χ4n) is 5.35. The molecule has 0 atom stereocenters. The molecule has 0 spiro atoms. The molecule has 0 unspecified atom stereocenters. The van der Waals surface area contributed by atoms with Crippen LogP contribution in [0.4, 0.5) is 0 Å². The van der Waals surface area contributed by atoms with Gasteiger partial charge in [-0.3, -0.25) is 0 Å². The lowest BCUT2D eigenvalue weighted by atomic mass is 10.0. The Morgan fingerprint density at radius 2 is 0.882 bits per heavy atom. The Kier molecular flexibility index (Phi) is 22.0. The van der Waals surface area contributed by atoms with Crippen LogP contribution < -0.4 is 4.57 Å². The number of rotatable bonds is 26. The van der Waals surface area contributed by atoms with Crippen LogP contribution in [0.25, 0.3) is 0 Å². The average molecular weight is 476 g/mol. The van der Waals surface area contributed by atoms with Crippen molar-refractivity contribution >= 4 is 0 Å². The summed E-state index contributed by atoms with van der Waals surface area (Å²) in [7, 11) is 0.